The van der Waals surface area contributed by atoms with Crippen molar-refractivity contribution < 1.29 is 14.4 Å². The normalized spacial score (nSPS) is 25.2. The number of carbonyl (C=O) groups is 3. The zero-order chi connectivity index (χ0) is 19.7. The molecule has 3 aliphatic rings. The van der Waals surface area contributed by atoms with Crippen molar-refractivity contribution in [3.63, 3.8) is 0 Å². The molecule has 0 N–H and O–H groups in total. The Balaban J connectivity index is 1.28. The molecule has 1 aromatic carbocycles. The lowest BCUT2D eigenvalue weighted by Crippen LogP contribution is -2.49. The molecule has 3 fully saturated rings. The molecular weight excluding hydrogens is 378 g/mol. The SMILES string of the molecule is O=C(CCN1C(=O)C2CCCCC2C1=O)N1CCN(c2cccc(Cl)c2)CC1. The number of amides is 3. The molecule has 6 nitrogen and oxygen atoms in total. The monoisotopic (exact) mass is 403 g/mol. The van der Waals surface area contributed by atoms with Gasteiger partial charge in [0.1, 0.15) is 0 Å². The predicted molar refractivity (Wildman–Crippen MR) is 107 cm³/mol. The Labute approximate surface area is 170 Å². The van der Waals surface area contributed by atoms with Gasteiger partial charge in [-0.05, 0) is 31.0 Å². The number of fused-ring (bicyclic) bond motifs is 1. The van der Waals surface area contributed by atoms with E-state index in [1.54, 1.807) is 0 Å². The first kappa shape index (κ1) is 19.2. The molecule has 150 valence electrons. The van der Waals surface area contributed by atoms with E-state index in [9.17, 15) is 14.4 Å². The van der Waals surface area contributed by atoms with Crippen molar-refractivity contribution >= 4 is 35.0 Å². The van der Waals surface area contributed by atoms with Crippen LogP contribution in [-0.4, -0.2) is 60.2 Å². The summed E-state index contributed by atoms with van der Waals surface area (Å²) in [5.74, 6) is -0.391. The lowest BCUT2D eigenvalue weighted by atomic mass is 9.81. The summed E-state index contributed by atoms with van der Waals surface area (Å²) in [6, 6.07) is 7.73. The van der Waals surface area contributed by atoms with Gasteiger partial charge in [0.05, 0.1) is 11.8 Å². The van der Waals surface area contributed by atoms with E-state index in [0.717, 1.165) is 44.5 Å². The molecule has 0 bridgehead atoms. The molecule has 2 heterocycles. The van der Waals surface area contributed by atoms with Gasteiger partial charge in [0.2, 0.25) is 17.7 Å². The van der Waals surface area contributed by atoms with E-state index in [4.69, 9.17) is 11.6 Å². The maximum Gasteiger partial charge on any atom is 0.233 e. The molecule has 0 radical (unpaired) electrons. The highest BCUT2D eigenvalue weighted by atomic mass is 35.5. The minimum atomic E-state index is -0.141. The van der Waals surface area contributed by atoms with Crippen LogP contribution in [0.15, 0.2) is 24.3 Å². The third kappa shape index (κ3) is 3.75. The van der Waals surface area contributed by atoms with E-state index in [1.807, 2.05) is 29.2 Å². The van der Waals surface area contributed by atoms with Crippen LogP contribution in [0.5, 0.6) is 0 Å². The van der Waals surface area contributed by atoms with Gasteiger partial charge in [0, 0.05) is 49.9 Å². The van der Waals surface area contributed by atoms with E-state index < -0.39 is 0 Å². The second-order valence-electron chi connectivity index (χ2n) is 7.92. The molecule has 3 amide bonds. The Kier molecular flexibility index (Phi) is 5.58. The van der Waals surface area contributed by atoms with Gasteiger partial charge in [-0.3, -0.25) is 19.3 Å². The molecule has 0 aromatic heterocycles. The average Bonchev–Trinajstić information content (AvgIpc) is 2.97. The summed E-state index contributed by atoms with van der Waals surface area (Å²) in [6.45, 7) is 2.99. The Bertz CT molecular complexity index is 752. The fraction of sp³-hybridized carbons (Fsp3) is 0.571. The van der Waals surface area contributed by atoms with Gasteiger partial charge >= 0.3 is 0 Å². The Morgan fingerprint density at radius 2 is 1.64 bits per heavy atom. The first-order valence-corrected chi connectivity index (χ1v) is 10.6. The number of benzene rings is 1. The highest BCUT2D eigenvalue weighted by Gasteiger charge is 2.47. The van der Waals surface area contributed by atoms with Gasteiger partial charge in [-0.25, -0.2) is 0 Å². The zero-order valence-corrected chi connectivity index (χ0v) is 16.7. The van der Waals surface area contributed by atoms with Crippen LogP contribution in [0.1, 0.15) is 32.1 Å². The third-order valence-electron chi connectivity index (χ3n) is 6.29. The maximum absolute atomic E-state index is 12.6. The number of rotatable bonds is 4. The zero-order valence-electron chi connectivity index (χ0n) is 16.0. The smallest absolute Gasteiger partial charge is 0.233 e. The summed E-state index contributed by atoms with van der Waals surface area (Å²) >= 11 is 6.06. The molecule has 1 aliphatic carbocycles. The minimum absolute atomic E-state index is 0.0150. The molecule has 2 atom stereocenters. The molecule has 7 heteroatoms. The second kappa shape index (κ2) is 8.11. The van der Waals surface area contributed by atoms with Crippen LogP contribution in [0.4, 0.5) is 5.69 Å². The molecular formula is C21H26ClN3O3. The Morgan fingerprint density at radius 1 is 1.00 bits per heavy atom. The molecule has 2 unspecified atom stereocenters. The number of carbonyl (C=O) groups excluding carboxylic acids is 3. The van der Waals surface area contributed by atoms with Crippen molar-refractivity contribution in [2.75, 3.05) is 37.6 Å². The molecule has 1 saturated carbocycles. The van der Waals surface area contributed by atoms with Crippen molar-refractivity contribution in [3.05, 3.63) is 29.3 Å². The molecule has 2 aliphatic heterocycles. The lowest BCUT2D eigenvalue weighted by molar-refractivity contribution is -0.140. The van der Waals surface area contributed by atoms with E-state index in [0.29, 0.717) is 18.1 Å². The van der Waals surface area contributed by atoms with Crippen LogP contribution >= 0.6 is 11.6 Å². The highest BCUT2D eigenvalue weighted by Crippen LogP contribution is 2.38. The standard InChI is InChI=1S/C21H26ClN3O3/c22-15-4-3-5-16(14-15)23-10-12-24(13-11-23)19(26)8-9-25-20(27)17-6-1-2-7-18(17)21(25)28/h3-5,14,17-18H,1-2,6-13H2. The van der Waals surface area contributed by atoms with Gasteiger partial charge in [0.15, 0.2) is 0 Å². The van der Waals surface area contributed by atoms with Gasteiger partial charge in [0.25, 0.3) is 0 Å². The molecule has 28 heavy (non-hydrogen) atoms. The number of hydrogen-bond donors (Lipinski definition) is 0. The number of halogens is 1. The number of piperazine rings is 1. The lowest BCUT2D eigenvalue weighted by Gasteiger charge is -2.36. The number of anilines is 1. The molecule has 0 spiro atoms. The van der Waals surface area contributed by atoms with Crippen LogP contribution in [-0.2, 0) is 14.4 Å². The number of imide groups is 1. The molecule has 1 aromatic rings. The molecule has 4 rings (SSSR count). The van der Waals surface area contributed by atoms with E-state index in [2.05, 4.69) is 4.90 Å². The quantitative estimate of drug-likeness (QED) is 0.725. The van der Waals surface area contributed by atoms with Crippen LogP contribution in [0.25, 0.3) is 0 Å². The molecule has 2 saturated heterocycles. The van der Waals surface area contributed by atoms with Crippen LogP contribution in [0.3, 0.4) is 0 Å². The Hall–Kier alpha value is -2.08. The van der Waals surface area contributed by atoms with Gasteiger partial charge < -0.3 is 9.80 Å². The van der Waals surface area contributed by atoms with Crippen molar-refractivity contribution in [2.24, 2.45) is 11.8 Å². The van der Waals surface area contributed by atoms with Crippen molar-refractivity contribution in [1.29, 1.82) is 0 Å². The summed E-state index contributed by atoms with van der Waals surface area (Å²) in [5, 5.41) is 0.705. The fourth-order valence-electron chi connectivity index (χ4n) is 4.70. The van der Waals surface area contributed by atoms with Crippen LogP contribution in [0, 0.1) is 11.8 Å². The topological polar surface area (TPSA) is 60.9 Å². The second-order valence-corrected chi connectivity index (χ2v) is 8.36. The van der Waals surface area contributed by atoms with Crippen molar-refractivity contribution in [1.82, 2.24) is 9.80 Å². The minimum Gasteiger partial charge on any atom is -0.368 e. The summed E-state index contributed by atoms with van der Waals surface area (Å²) in [6.07, 6.45) is 3.87. The fourth-order valence-corrected chi connectivity index (χ4v) is 4.89. The van der Waals surface area contributed by atoms with E-state index in [1.165, 1.54) is 4.90 Å². The Morgan fingerprint density at radius 3 is 2.25 bits per heavy atom. The van der Waals surface area contributed by atoms with Crippen LogP contribution < -0.4 is 4.90 Å². The van der Waals surface area contributed by atoms with E-state index >= 15 is 0 Å². The van der Waals surface area contributed by atoms with Crippen LogP contribution in [0.2, 0.25) is 5.02 Å². The maximum atomic E-state index is 12.6. The predicted octanol–water partition coefficient (Wildman–Crippen LogP) is 2.55. The van der Waals surface area contributed by atoms with E-state index in [-0.39, 0.29) is 42.5 Å². The summed E-state index contributed by atoms with van der Waals surface area (Å²) in [5.41, 5.74) is 1.07. The highest BCUT2D eigenvalue weighted by molar-refractivity contribution is 6.30. The first-order chi connectivity index (χ1) is 13.5. The summed E-state index contributed by atoms with van der Waals surface area (Å²) in [4.78, 5) is 43.1. The van der Waals surface area contributed by atoms with Gasteiger partial charge in [-0.15, -0.1) is 0 Å². The average molecular weight is 404 g/mol. The third-order valence-corrected chi connectivity index (χ3v) is 6.52. The number of nitrogens with zero attached hydrogens (tertiary/aromatic N) is 3. The number of likely N-dealkylation sites (tertiary alicyclic amines) is 1. The van der Waals surface area contributed by atoms with Gasteiger partial charge in [-0.2, -0.15) is 0 Å². The largest absolute Gasteiger partial charge is 0.368 e. The first-order valence-electron chi connectivity index (χ1n) is 10.2. The number of hydrogen-bond acceptors (Lipinski definition) is 4. The summed E-state index contributed by atoms with van der Waals surface area (Å²) in [7, 11) is 0. The van der Waals surface area contributed by atoms with Crippen molar-refractivity contribution in [2.45, 2.75) is 32.1 Å². The van der Waals surface area contributed by atoms with Crippen molar-refractivity contribution in [3.8, 4) is 0 Å². The summed E-state index contributed by atoms with van der Waals surface area (Å²) < 4.78 is 0. The van der Waals surface area contributed by atoms with Gasteiger partial charge in [-0.1, -0.05) is 30.5 Å².